The first kappa shape index (κ1) is 16.8. The standard InChI is InChI=1S/C20H18N4O3/c1-13-17(19(26)27-11-14-5-3-2-4-6-14)18(15-7-9-16(25)10-8-15)24-20(23-13)21-12-22-24/h2-10,12,18,25H,11H2,1H3,(H,21,22,23)/t18-/m0/s1. The quantitative estimate of drug-likeness (QED) is 0.694. The van der Waals surface area contributed by atoms with Gasteiger partial charge in [0.1, 0.15) is 24.7 Å². The fourth-order valence-corrected chi connectivity index (χ4v) is 3.12. The van der Waals surface area contributed by atoms with Gasteiger partial charge in [0.05, 0.1) is 5.57 Å². The molecule has 2 aromatic carbocycles. The highest BCUT2D eigenvalue weighted by Crippen LogP contribution is 2.35. The van der Waals surface area contributed by atoms with Crippen molar-refractivity contribution >= 4 is 11.9 Å². The predicted molar refractivity (Wildman–Crippen MR) is 98.8 cm³/mol. The number of nitrogens with zero attached hydrogens (tertiary/aromatic N) is 3. The van der Waals surface area contributed by atoms with Gasteiger partial charge in [-0.15, -0.1) is 0 Å². The number of carbonyl (C=O) groups is 1. The van der Waals surface area contributed by atoms with Crippen molar-refractivity contribution in [3.63, 3.8) is 0 Å². The first-order valence-electron chi connectivity index (χ1n) is 8.51. The Balaban J connectivity index is 1.67. The van der Waals surface area contributed by atoms with Crippen molar-refractivity contribution in [1.82, 2.24) is 14.8 Å². The lowest BCUT2D eigenvalue weighted by atomic mass is 9.96. The number of phenolic OH excluding ortho intramolecular Hbond substituents is 1. The van der Waals surface area contributed by atoms with Crippen molar-refractivity contribution in [3.05, 3.63) is 83.3 Å². The van der Waals surface area contributed by atoms with Gasteiger partial charge < -0.3 is 15.2 Å². The number of esters is 1. The maximum atomic E-state index is 12.9. The summed E-state index contributed by atoms with van der Waals surface area (Å²) in [7, 11) is 0. The first-order valence-corrected chi connectivity index (χ1v) is 8.51. The molecule has 0 aliphatic carbocycles. The molecule has 0 amide bonds. The zero-order valence-electron chi connectivity index (χ0n) is 14.7. The van der Waals surface area contributed by atoms with Crippen LogP contribution in [0.15, 0.2) is 72.2 Å². The molecule has 7 heteroatoms. The number of hydrogen-bond acceptors (Lipinski definition) is 6. The van der Waals surface area contributed by atoms with Crippen molar-refractivity contribution in [2.24, 2.45) is 0 Å². The molecule has 27 heavy (non-hydrogen) atoms. The number of fused-ring (bicyclic) bond motifs is 1. The summed E-state index contributed by atoms with van der Waals surface area (Å²) in [5, 5.41) is 17.0. The third-order valence-electron chi connectivity index (χ3n) is 4.44. The van der Waals surface area contributed by atoms with Crippen molar-refractivity contribution in [3.8, 4) is 5.75 Å². The van der Waals surface area contributed by atoms with Crippen LogP contribution in [-0.2, 0) is 16.1 Å². The molecule has 0 unspecified atom stereocenters. The summed E-state index contributed by atoms with van der Waals surface area (Å²) in [6.45, 7) is 1.99. The molecule has 0 saturated carbocycles. The van der Waals surface area contributed by atoms with E-state index in [1.165, 1.54) is 6.33 Å². The average Bonchev–Trinajstić information content (AvgIpc) is 3.14. The number of carbonyl (C=O) groups excluding carboxylic acids is 1. The van der Waals surface area contributed by atoms with E-state index in [2.05, 4.69) is 15.4 Å². The van der Waals surface area contributed by atoms with Crippen molar-refractivity contribution in [2.75, 3.05) is 5.32 Å². The molecular weight excluding hydrogens is 344 g/mol. The third-order valence-corrected chi connectivity index (χ3v) is 4.44. The monoisotopic (exact) mass is 362 g/mol. The van der Waals surface area contributed by atoms with E-state index in [1.54, 1.807) is 28.9 Å². The van der Waals surface area contributed by atoms with Crippen LogP contribution in [0.25, 0.3) is 0 Å². The highest BCUT2D eigenvalue weighted by molar-refractivity contribution is 5.92. The molecule has 1 aliphatic rings. The van der Waals surface area contributed by atoms with Gasteiger partial charge in [-0.3, -0.25) is 0 Å². The normalized spacial score (nSPS) is 15.8. The van der Waals surface area contributed by atoms with E-state index in [9.17, 15) is 9.90 Å². The molecule has 2 N–H and O–H groups in total. The van der Waals surface area contributed by atoms with E-state index in [0.717, 1.165) is 11.1 Å². The Morgan fingerprint density at radius 3 is 2.67 bits per heavy atom. The number of allylic oxidation sites excluding steroid dienone is 1. The van der Waals surface area contributed by atoms with Crippen molar-refractivity contribution < 1.29 is 14.6 Å². The van der Waals surface area contributed by atoms with Crippen LogP contribution in [0, 0.1) is 0 Å². The van der Waals surface area contributed by atoms with Gasteiger partial charge >= 0.3 is 5.97 Å². The molecule has 1 aliphatic heterocycles. The van der Waals surface area contributed by atoms with E-state index < -0.39 is 12.0 Å². The number of aromatic hydroxyl groups is 1. The van der Waals surface area contributed by atoms with Crippen LogP contribution >= 0.6 is 0 Å². The lowest BCUT2D eigenvalue weighted by molar-refractivity contribution is -0.140. The molecule has 0 bridgehead atoms. The second-order valence-electron chi connectivity index (χ2n) is 6.25. The Bertz CT molecular complexity index is 994. The Labute approximate surface area is 155 Å². The van der Waals surface area contributed by atoms with Crippen LogP contribution in [0.2, 0.25) is 0 Å². The van der Waals surface area contributed by atoms with Gasteiger partial charge in [0.2, 0.25) is 5.95 Å². The smallest absolute Gasteiger partial charge is 0.338 e. The number of hydrogen-bond donors (Lipinski definition) is 2. The summed E-state index contributed by atoms with van der Waals surface area (Å²) in [5.41, 5.74) is 2.82. The average molecular weight is 362 g/mol. The van der Waals surface area contributed by atoms with Crippen LogP contribution in [0.3, 0.4) is 0 Å². The van der Waals surface area contributed by atoms with E-state index in [-0.39, 0.29) is 12.4 Å². The van der Waals surface area contributed by atoms with Gasteiger partial charge in [-0.25, -0.2) is 9.48 Å². The van der Waals surface area contributed by atoms with Crippen molar-refractivity contribution in [2.45, 2.75) is 19.6 Å². The second kappa shape index (κ2) is 6.95. The minimum Gasteiger partial charge on any atom is -0.508 e. The first-order chi connectivity index (χ1) is 13.1. The Morgan fingerprint density at radius 1 is 1.19 bits per heavy atom. The summed E-state index contributed by atoms with van der Waals surface area (Å²) in [4.78, 5) is 17.1. The Hall–Kier alpha value is -3.61. The lowest BCUT2D eigenvalue weighted by Crippen LogP contribution is -2.29. The summed E-state index contributed by atoms with van der Waals surface area (Å²) < 4.78 is 7.19. The molecule has 0 radical (unpaired) electrons. The number of ether oxygens (including phenoxy) is 1. The molecule has 7 nitrogen and oxygen atoms in total. The summed E-state index contributed by atoms with van der Waals surface area (Å²) in [6.07, 6.45) is 1.43. The number of aromatic nitrogens is 3. The molecule has 3 aromatic rings. The number of phenols is 1. The lowest BCUT2D eigenvalue weighted by Gasteiger charge is -2.28. The number of rotatable bonds is 4. The second-order valence-corrected chi connectivity index (χ2v) is 6.25. The molecule has 136 valence electrons. The molecule has 1 atom stereocenters. The molecule has 0 fully saturated rings. The van der Waals surface area contributed by atoms with E-state index >= 15 is 0 Å². The van der Waals surface area contributed by atoms with Crippen LogP contribution < -0.4 is 5.32 Å². The van der Waals surface area contributed by atoms with Gasteiger partial charge in [-0.2, -0.15) is 10.1 Å². The van der Waals surface area contributed by atoms with Gasteiger partial charge in [0.15, 0.2) is 0 Å². The maximum Gasteiger partial charge on any atom is 0.338 e. The molecule has 1 aromatic heterocycles. The van der Waals surface area contributed by atoms with E-state index in [0.29, 0.717) is 17.2 Å². The van der Waals surface area contributed by atoms with Gasteiger partial charge in [-0.1, -0.05) is 42.5 Å². The number of anilines is 1. The molecule has 4 rings (SSSR count). The van der Waals surface area contributed by atoms with Crippen molar-refractivity contribution in [1.29, 1.82) is 0 Å². The highest BCUT2D eigenvalue weighted by atomic mass is 16.5. The summed E-state index contributed by atoms with van der Waals surface area (Å²) in [5.74, 6) is 0.272. The van der Waals surface area contributed by atoms with Gasteiger partial charge in [0, 0.05) is 5.70 Å². The zero-order valence-corrected chi connectivity index (χ0v) is 14.7. The minimum absolute atomic E-state index is 0.153. The Kier molecular flexibility index (Phi) is 4.33. The van der Waals surface area contributed by atoms with E-state index in [1.807, 2.05) is 37.3 Å². The molecular formula is C20H18N4O3. The maximum absolute atomic E-state index is 12.9. The van der Waals surface area contributed by atoms with E-state index in [4.69, 9.17) is 4.74 Å². The van der Waals surface area contributed by atoms with Gasteiger partial charge in [0.25, 0.3) is 0 Å². The van der Waals surface area contributed by atoms with Crippen LogP contribution in [-0.4, -0.2) is 25.8 Å². The third kappa shape index (κ3) is 3.27. The van der Waals surface area contributed by atoms with Crippen LogP contribution in [0.1, 0.15) is 24.1 Å². The summed E-state index contributed by atoms with van der Waals surface area (Å²) >= 11 is 0. The summed E-state index contributed by atoms with van der Waals surface area (Å²) in [6, 6.07) is 15.7. The van der Waals surface area contributed by atoms with Crippen LogP contribution in [0.5, 0.6) is 5.75 Å². The van der Waals surface area contributed by atoms with Gasteiger partial charge in [-0.05, 0) is 30.2 Å². The fraction of sp³-hybridized carbons (Fsp3) is 0.150. The number of benzene rings is 2. The zero-order chi connectivity index (χ0) is 18.8. The molecule has 0 spiro atoms. The molecule has 0 saturated heterocycles. The van der Waals surface area contributed by atoms with Crippen LogP contribution in [0.4, 0.5) is 5.95 Å². The number of nitrogens with one attached hydrogen (secondary N) is 1. The topological polar surface area (TPSA) is 89.3 Å². The SMILES string of the molecule is CC1=C(C(=O)OCc2ccccc2)[C@H](c2ccc(O)cc2)n2ncnc2N1. The largest absolute Gasteiger partial charge is 0.508 e. The fourth-order valence-electron chi connectivity index (χ4n) is 3.12. The minimum atomic E-state index is -0.493. The Morgan fingerprint density at radius 2 is 1.93 bits per heavy atom. The highest BCUT2D eigenvalue weighted by Gasteiger charge is 2.34. The predicted octanol–water partition coefficient (Wildman–Crippen LogP) is 3.02. The molecule has 2 heterocycles.